The summed E-state index contributed by atoms with van der Waals surface area (Å²) in [7, 11) is 0. The van der Waals surface area contributed by atoms with E-state index in [0.717, 1.165) is 30.4 Å². The normalized spacial score (nSPS) is 18.8. The fourth-order valence-electron chi connectivity index (χ4n) is 5.93. The number of amides is 2. The number of carboxylic acid groups (broad SMARTS) is 1. The Morgan fingerprint density at radius 2 is 1.54 bits per heavy atom. The molecular weight excluding hydrogens is 444 g/mol. The van der Waals surface area contributed by atoms with Gasteiger partial charge in [0, 0.05) is 25.4 Å². The lowest BCUT2D eigenvalue weighted by Crippen LogP contribution is -2.64. The van der Waals surface area contributed by atoms with Crippen LogP contribution in [0.4, 0.5) is 4.79 Å². The first kappa shape index (κ1) is 23.4. The molecule has 3 aliphatic rings. The molecular formula is C28H32N2O5. The van der Waals surface area contributed by atoms with Crippen LogP contribution in [0.15, 0.2) is 48.5 Å². The molecule has 7 heteroatoms. The second-order valence-corrected chi connectivity index (χ2v) is 10.1. The molecule has 7 nitrogen and oxygen atoms in total. The zero-order valence-corrected chi connectivity index (χ0v) is 19.9. The third kappa shape index (κ3) is 4.64. The zero-order chi connectivity index (χ0) is 24.4. The fraction of sp³-hybridized carbons (Fsp3) is 0.464. The Kier molecular flexibility index (Phi) is 6.50. The monoisotopic (exact) mass is 476 g/mol. The van der Waals surface area contributed by atoms with E-state index in [-0.39, 0.29) is 30.8 Å². The number of aliphatic carboxylic acids is 1. The number of nitrogens with one attached hydrogen (secondary N) is 1. The molecule has 0 spiro atoms. The van der Waals surface area contributed by atoms with Crippen molar-refractivity contribution >= 4 is 18.0 Å². The molecule has 0 atom stereocenters. The van der Waals surface area contributed by atoms with Crippen molar-refractivity contribution in [3.05, 3.63) is 59.7 Å². The smallest absolute Gasteiger partial charge is 0.408 e. The number of fused-ring (bicyclic) bond motifs is 3. The molecule has 1 saturated heterocycles. The Labute approximate surface area is 205 Å². The van der Waals surface area contributed by atoms with Crippen LogP contribution in [0, 0.1) is 5.92 Å². The molecule has 2 amide bonds. The first-order valence-corrected chi connectivity index (χ1v) is 12.6. The molecule has 1 saturated carbocycles. The predicted octanol–water partition coefficient (Wildman–Crippen LogP) is 4.55. The minimum Gasteiger partial charge on any atom is -0.481 e. The average molecular weight is 477 g/mol. The summed E-state index contributed by atoms with van der Waals surface area (Å²) in [6.45, 7) is 1.32. The molecule has 5 rings (SSSR count). The van der Waals surface area contributed by atoms with Crippen molar-refractivity contribution in [1.82, 2.24) is 10.2 Å². The summed E-state index contributed by atoms with van der Waals surface area (Å²) in [5.41, 5.74) is 3.71. The van der Waals surface area contributed by atoms with Gasteiger partial charge >= 0.3 is 12.1 Å². The van der Waals surface area contributed by atoms with E-state index >= 15 is 0 Å². The highest BCUT2D eigenvalue weighted by molar-refractivity contribution is 5.90. The maximum atomic E-state index is 13.4. The topological polar surface area (TPSA) is 95.9 Å². The molecule has 184 valence electrons. The SMILES string of the molecule is O=C(O)CCC1CN(C(=O)C2(NC(=O)OCC3c4ccccc4-c4ccccc43)CCCCC2)C1. The maximum absolute atomic E-state index is 13.4. The molecule has 2 fully saturated rings. The highest BCUT2D eigenvalue weighted by Crippen LogP contribution is 2.44. The van der Waals surface area contributed by atoms with Gasteiger partial charge in [-0.2, -0.15) is 0 Å². The number of benzene rings is 2. The van der Waals surface area contributed by atoms with E-state index in [4.69, 9.17) is 9.84 Å². The Morgan fingerprint density at radius 3 is 2.14 bits per heavy atom. The molecule has 0 unspecified atom stereocenters. The minimum absolute atomic E-state index is 0.0310. The van der Waals surface area contributed by atoms with Gasteiger partial charge < -0.3 is 20.1 Å². The third-order valence-electron chi connectivity index (χ3n) is 7.81. The van der Waals surface area contributed by atoms with Crippen LogP contribution in [-0.2, 0) is 14.3 Å². The number of ether oxygens (including phenoxy) is 1. The van der Waals surface area contributed by atoms with E-state index in [9.17, 15) is 14.4 Å². The van der Waals surface area contributed by atoms with E-state index in [1.807, 2.05) is 24.3 Å². The molecule has 0 aromatic heterocycles. The van der Waals surface area contributed by atoms with Crippen LogP contribution >= 0.6 is 0 Å². The van der Waals surface area contributed by atoms with Crippen molar-refractivity contribution in [2.24, 2.45) is 5.92 Å². The maximum Gasteiger partial charge on any atom is 0.408 e. The number of alkyl carbamates (subject to hydrolysis) is 1. The molecule has 2 aromatic carbocycles. The van der Waals surface area contributed by atoms with Gasteiger partial charge in [-0.05, 0) is 47.4 Å². The Balaban J connectivity index is 1.23. The van der Waals surface area contributed by atoms with Crippen molar-refractivity contribution in [3.63, 3.8) is 0 Å². The van der Waals surface area contributed by atoms with E-state index in [1.54, 1.807) is 4.90 Å². The molecule has 2 aromatic rings. The summed E-state index contributed by atoms with van der Waals surface area (Å²) in [6, 6.07) is 16.4. The highest BCUT2D eigenvalue weighted by atomic mass is 16.5. The summed E-state index contributed by atoms with van der Waals surface area (Å²) < 4.78 is 5.75. The molecule has 35 heavy (non-hydrogen) atoms. The lowest BCUT2D eigenvalue weighted by Gasteiger charge is -2.46. The molecule has 1 aliphatic heterocycles. The van der Waals surface area contributed by atoms with Gasteiger partial charge in [-0.1, -0.05) is 67.8 Å². The first-order chi connectivity index (χ1) is 17.0. The number of hydrogen-bond donors (Lipinski definition) is 2. The number of carbonyl (C=O) groups is 3. The quantitative estimate of drug-likeness (QED) is 0.611. The first-order valence-electron chi connectivity index (χ1n) is 12.6. The van der Waals surface area contributed by atoms with Crippen molar-refractivity contribution < 1.29 is 24.2 Å². The van der Waals surface area contributed by atoms with Crippen LogP contribution in [0.3, 0.4) is 0 Å². The van der Waals surface area contributed by atoms with Crippen molar-refractivity contribution in [3.8, 4) is 11.1 Å². The zero-order valence-electron chi connectivity index (χ0n) is 19.9. The van der Waals surface area contributed by atoms with Crippen LogP contribution in [0.25, 0.3) is 11.1 Å². The van der Waals surface area contributed by atoms with E-state index in [0.29, 0.717) is 32.4 Å². The highest BCUT2D eigenvalue weighted by Gasteiger charge is 2.46. The predicted molar refractivity (Wildman–Crippen MR) is 131 cm³/mol. The molecule has 0 radical (unpaired) electrons. The third-order valence-corrected chi connectivity index (χ3v) is 7.81. The minimum atomic E-state index is -0.932. The van der Waals surface area contributed by atoms with Gasteiger partial charge in [0.2, 0.25) is 5.91 Å². The van der Waals surface area contributed by atoms with Gasteiger partial charge in [-0.25, -0.2) is 4.79 Å². The lowest BCUT2D eigenvalue weighted by molar-refractivity contribution is -0.146. The Morgan fingerprint density at radius 1 is 0.943 bits per heavy atom. The number of rotatable bonds is 7. The van der Waals surface area contributed by atoms with Crippen LogP contribution < -0.4 is 5.32 Å². The van der Waals surface area contributed by atoms with Gasteiger partial charge in [0.25, 0.3) is 0 Å². The Bertz CT molecular complexity index is 1070. The van der Waals surface area contributed by atoms with E-state index < -0.39 is 17.6 Å². The number of nitrogens with zero attached hydrogens (tertiary/aromatic N) is 1. The largest absolute Gasteiger partial charge is 0.481 e. The van der Waals surface area contributed by atoms with Crippen molar-refractivity contribution in [1.29, 1.82) is 0 Å². The molecule has 2 N–H and O–H groups in total. The van der Waals surface area contributed by atoms with Gasteiger partial charge in [0.1, 0.15) is 12.1 Å². The number of likely N-dealkylation sites (tertiary alicyclic amines) is 1. The van der Waals surface area contributed by atoms with E-state index in [2.05, 4.69) is 29.6 Å². The average Bonchev–Trinajstić information content (AvgIpc) is 3.16. The van der Waals surface area contributed by atoms with Crippen molar-refractivity contribution in [2.45, 2.75) is 56.4 Å². The lowest BCUT2D eigenvalue weighted by atomic mass is 9.79. The van der Waals surface area contributed by atoms with Crippen LogP contribution in [0.1, 0.15) is 62.0 Å². The van der Waals surface area contributed by atoms with Gasteiger partial charge in [-0.15, -0.1) is 0 Å². The summed E-state index contributed by atoms with van der Waals surface area (Å²) in [6.07, 6.45) is 4.16. The van der Waals surface area contributed by atoms with E-state index in [1.165, 1.54) is 11.1 Å². The van der Waals surface area contributed by atoms with Crippen LogP contribution in [0.5, 0.6) is 0 Å². The summed E-state index contributed by atoms with van der Waals surface area (Å²) >= 11 is 0. The number of carboxylic acids is 1. The molecule has 2 aliphatic carbocycles. The van der Waals surface area contributed by atoms with Gasteiger partial charge in [0.15, 0.2) is 0 Å². The second-order valence-electron chi connectivity index (χ2n) is 10.1. The number of hydrogen-bond acceptors (Lipinski definition) is 4. The second kappa shape index (κ2) is 9.72. The summed E-state index contributed by atoms with van der Waals surface area (Å²) in [5, 5.41) is 11.9. The molecule has 0 bridgehead atoms. The molecule has 1 heterocycles. The standard InChI is InChI=1S/C28H32N2O5/c31-25(32)13-12-19-16-30(17-19)26(33)28(14-6-1-7-15-28)29-27(34)35-18-24-22-10-4-2-8-20(22)21-9-3-5-11-23(21)24/h2-5,8-11,19,24H,1,6-7,12-18H2,(H,29,34)(H,31,32). The Hall–Kier alpha value is -3.35. The summed E-state index contributed by atoms with van der Waals surface area (Å²) in [5.74, 6) is -0.686. The fourth-order valence-corrected chi connectivity index (χ4v) is 5.93. The number of carbonyl (C=O) groups excluding carboxylic acids is 2. The van der Waals surface area contributed by atoms with Crippen LogP contribution in [0.2, 0.25) is 0 Å². The summed E-state index contributed by atoms with van der Waals surface area (Å²) in [4.78, 5) is 39.0. The van der Waals surface area contributed by atoms with Crippen molar-refractivity contribution in [2.75, 3.05) is 19.7 Å². The van der Waals surface area contributed by atoms with Gasteiger partial charge in [0.05, 0.1) is 0 Å². The van der Waals surface area contributed by atoms with Crippen LogP contribution in [-0.4, -0.2) is 53.2 Å². The van der Waals surface area contributed by atoms with Gasteiger partial charge in [-0.3, -0.25) is 9.59 Å².